The van der Waals surface area contributed by atoms with Gasteiger partial charge < -0.3 is 35.1 Å². The van der Waals surface area contributed by atoms with Gasteiger partial charge in [-0.2, -0.15) is 4.89 Å². The second kappa shape index (κ2) is 17.1. The SMILES string of the molecule is COOC=N[C@H](C(=O)N1CCC[C@H]1c1ncc(-c2ccc(-c3ccc(-c4cnc([C@@H](C)NC(=O)[C@@H](NC(=O)OC)C(C)C)[nH]4)cc3)cc2)[nH]1)C(C)C. The Hall–Kier alpha value is -5.50. The molecule has 4 atom stereocenters. The molecule has 1 fully saturated rings. The molecule has 1 aliphatic heterocycles. The molecule has 0 saturated carbocycles. The molecule has 0 aliphatic carbocycles. The van der Waals surface area contributed by atoms with E-state index in [9.17, 15) is 14.4 Å². The number of benzene rings is 2. The van der Waals surface area contributed by atoms with Gasteiger partial charge in [0.15, 0.2) is 0 Å². The van der Waals surface area contributed by atoms with E-state index < -0.39 is 24.2 Å². The summed E-state index contributed by atoms with van der Waals surface area (Å²) in [5.41, 5.74) is 5.74. The van der Waals surface area contributed by atoms with Crippen molar-refractivity contribution in [2.75, 3.05) is 20.8 Å². The number of hydrogen-bond acceptors (Lipinski definition) is 9. The molecule has 0 unspecified atom stereocenters. The smallest absolute Gasteiger partial charge is 0.407 e. The van der Waals surface area contributed by atoms with Crippen LogP contribution in [0, 0.1) is 11.8 Å². The fourth-order valence-corrected chi connectivity index (χ4v) is 6.27. The zero-order valence-corrected chi connectivity index (χ0v) is 30.7. The van der Waals surface area contributed by atoms with Crippen LogP contribution in [0.3, 0.4) is 0 Å². The Morgan fingerprint density at radius 1 is 0.846 bits per heavy atom. The molecular formula is C38H48N8O6. The fraction of sp³-hybridized carbons (Fsp3) is 0.421. The number of likely N-dealkylation sites (tertiary alicyclic amines) is 1. The van der Waals surface area contributed by atoms with E-state index in [-0.39, 0.29) is 29.7 Å². The molecule has 14 nitrogen and oxygen atoms in total. The van der Waals surface area contributed by atoms with Crippen LogP contribution in [0.15, 0.2) is 65.9 Å². The van der Waals surface area contributed by atoms with Crippen molar-refractivity contribution in [3.8, 4) is 33.6 Å². The number of carbonyl (C=O) groups is 3. The first-order valence-electron chi connectivity index (χ1n) is 17.5. The summed E-state index contributed by atoms with van der Waals surface area (Å²) in [6.45, 7) is 10.1. The Balaban J connectivity index is 1.22. The van der Waals surface area contributed by atoms with Crippen molar-refractivity contribution in [1.29, 1.82) is 0 Å². The van der Waals surface area contributed by atoms with E-state index in [1.165, 1.54) is 20.6 Å². The quantitative estimate of drug-likeness (QED) is 0.0534. The van der Waals surface area contributed by atoms with Crippen LogP contribution < -0.4 is 10.6 Å². The number of aromatic nitrogens is 4. The number of H-pyrrole nitrogens is 2. The van der Waals surface area contributed by atoms with E-state index >= 15 is 0 Å². The third-order valence-electron chi connectivity index (χ3n) is 9.19. The van der Waals surface area contributed by atoms with E-state index in [2.05, 4.69) is 81.6 Å². The van der Waals surface area contributed by atoms with Gasteiger partial charge >= 0.3 is 6.09 Å². The molecule has 3 heterocycles. The van der Waals surface area contributed by atoms with Crippen molar-refractivity contribution in [1.82, 2.24) is 35.5 Å². The third-order valence-corrected chi connectivity index (χ3v) is 9.19. The number of ether oxygens (including phenoxy) is 1. The highest BCUT2D eigenvalue weighted by atomic mass is 17.2. The predicted molar refractivity (Wildman–Crippen MR) is 197 cm³/mol. The van der Waals surface area contributed by atoms with Gasteiger partial charge in [0.05, 0.1) is 50.1 Å². The van der Waals surface area contributed by atoms with Gasteiger partial charge in [-0.3, -0.25) is 9.59 Å². The molecule has 14 heteroatoms. The first-order valence-corrected chi connectivity index (χ1v) is 17.5. The summed E-state index contributed by atoms with van der Waals surface area (Å²) in [6, 6.07) is 14.5. The topological polar surface area (TPSA) is 176 Å². The van der Waals surface area contributed by atoms with Gasteiger partial charge in [-0.15, -0.1) is 0 Å². The number of imidazole rings is 2. The van der Waals surface area contributed by atoms with Gasteiger partial charge in [0.1, 0.15) is 23.7 Å². The van der Waals surface area contributed by atoms with Crippen molar-refractivity contribution in [2.45, 2.75) is 71.6 Å². The van der Waals surface area contributed by atoms with E-state index in [0.29, 0.717) is 12.4 Å². The lowest BCUT2D eigenvalue weighted by atomic mass is 10.0. The maximum absolute atomic E-state index is 13.5. The predicted octanol–water partition coefficient (Wildman–Crippen LogP) is 5.99. The molecule has 0 spiro atoms. The van der Waals surface area contributed by atoms with E-state index in [1.807, 2.05) is 57.8 Å². The van der Waals surface area contributed by atoms with Crippen LogP contribution in [0.5, 0.6) is 0 Å². The van der Waals surface area contributed by atoms with Crippen molar-refractivity contribution in [3.63, 3.8) is 0 Å². The lowest BCUT2D eigenvalue weighted by Crippen LogP contribution is -2.50. The molecule has 3 amide bonds. The molecule has 4 N–H and O–H groups in total. The third kappa shape index (κ3) is 8.86. The highest BCUT2D eigenvalue weighted by Crippen LogP contribution is 2.34. The zero-order valence-electron chi connectivity index (χ0n) is 30.7. The van der Waals surface area contributed by atoms with Gasteiger partial charge in [0.2, 0.25) is 18.2 Å². The molecule has 1 saturated heterocycles. The Kier molecular flexibility index (Phi) is 12.4. The normalized spacial score (nSPS) is 16.2. The number of hydrogen-bond donors (Lipinski definition) is 4. The maximum Gasteiger partial charge on any atom is 0.407 e. The largest absolute Gasteiger partial charge is 0.453 e. The number of carbonyl (C=O) groups excluding carboxylic acids is 3. The van der Waals surface area contributed by atoms with E-state index in [1.54, 1.807) is 6.20 Å². The van der Waals surface area contributed by atoms with Crippen molar-refractivity contribution in [3.05, 3.63) is 72.6 Å². The molecule has 1 aliphatic rings. The zero-order chi connectivity index (χ0) is 37.4. The highest BCUT2D eigenvalue weighted by molar-refractivity contribution is 5.86. The van der Waals surface area contributed by atoms with Crippen LogP contribution in [-0.2, 0) is 24.1 Å². The summed E-state index contributed by atoms with van der Waals surface area (Å²) in [5.74, 6) is 0.833. The van der Waals surface area contributed by atoms with E-state index in [4.69, 9.17) is 4.89 Å². The number of nitrogens with zero attached hydrogens (tertiary/aromatic N) is 4. The molecule has 2 aromatic heterocycles. The minimum absolute atomic E-state index is 0.0107. The van der Waals surface area contributed by atoms with Crippen molar-refractivity contribution >= 4 is 24.3 Å². The van der Waals surface area contributed by atoms with Crippen LogP contribution in [-0.4, -0.2) is 82.0 Å². The first kappa shape index (κ1) is 37.7. The molecule has 0 bridgehead atoms. The molecule has 52 heavy (non-hydrogen) atoms. The monoisotopic (exact) mass is 712 g/mol. The molecule has 4 aromatic rings. The number of rotatable bonds is 14. The van der Waals surface area contributed by atoms with Gasteiger partial charge in [-0.25, -0.2) is 19.8 Å². The number of methoxy groups -OCH3 is 1. The summed E-state index contributed by atoms with van der Waals surface area (Å²) in [6.07, 6.45) is 5.78. The van der Waals surface area contributed by atoms with Crippen LogP contribution in [0.1, 0.15) is 71.2 Å². The Labute approximate surface area is 303 Å². The Morgan fingerprint density at radius 3 is 2.02 bits per heavy atom. The molecule has 276 valence electrons. The van der Waals surface area contributed by atoms with Crippen molar-refractivity contribution in [2.24, 2.45) is 16.8 Å². The minimum Gasteiger partial charge on any atom is -0.453 e. The van der Waals surface area contributed by atoms with Gasteiger partial charge in [0, 0.05) is 6.54 Å². The van der Waals surface area contributed by atoms with Crippen LogP contribution in [0.2, 0.25) is 0 Å². The number of aromatic amines is 2. The lowest BCUT2D eigenvalue weighted by Gasteiger charge is -2.27. The summed E-state index contributed by atoms with van der Waals surface area (Å²) in [5, 5.41) is 5.50. The van der Waals surface area contributed by atoms with Gasteiger partial charge in [-0.1, -0.05) is 76.2 Å². The summed E-state index contributed by atoms with van der Waals surface area (Å²) in [7, 11) is 2.65. The van der Waals surface area contributed by atoms with Gasteiger partial charge in [-0.05, 0) is 53.9 Å². The van der Waals surface area contributed by atoms with E-state index in [0.717, 1.165) is 52.3 Å². The van der Waals surface area contributed by atoms with Crippen LogP contribution >= 0.6 is 0 Å². The van der Waals surface area contributed by atoms with Crippen LogP contribution in [0.25, 0.3) is 33.6 Å². The minimum atomic E-state index is -0.741. The standard InChI is InChI=1S/C38H48N8O6/c1-22(2)32(45-38(49)50-6)36(47)42-24(5)34-39-19-29(43-34)27-14-10-25(11-15-27)26-12-16-28(17-13-26)30-20-40-35(44-30)31-9-8-18-46(31)37(48)33(23(3)4)41-21-52-51-7/h10-17,19-24,31-33H,8-9,18H2,1-7H3,(H,39,43)(H,40,44)(H,42,47)(H,45,49)/t24-,31+,32+,33+/m1/s1. The highest BCUT2D eigenvalue weighted by Gasteiger charge is 2.36. The lowest BCUT2D eigenvalue weighted by molar-refractivity contribution is -0.188. The first-order chi connectivity index (χ1) is 25.0. The molecular weight excluding hydrogens is 664 g/mol. The number of nitrogens with one attached hydrogen (secondary N) is 4. The summed E-state index contributed by atoms with van der Waals surface area (Å²) < 4.78 is 4.66. The average Bonchev–Trinajstić information content (AvgIpc) is 3.93. The van der Waals surface area contributed by atoms with Crippen LogP contribution in [0.4, 0.5) is 4.79 Å². The second-order valence-electron chi connectivity index (χ2n) is 13.5. The van der Waals surface area contributed by atoms with Gasteiger partial charge in [0.25, 0.3) is 0 Å². The average molecular weight is 713 g/mol. The summed E-state index contributed by atoms with van der Waals surface area (Å²) in [4.78, 5) is 69.6. The number of alkyl carbamates (subject to hydrolysis) is 1. The fourth-order valence-electron chi connectivity index (χ4n) is 6.27. The number of amides is 3. The second-order valence-corrected chi connectivity index (χ2v) is 13.5. The Morgan fingerprint density at radius 2 is 1.44 bits per heavy atom. The Bertz CT molecular complexity index is 1830. The number of aliphatic imine (C=N–C) groups is 1. The van der Waals surface area contributed by atoms with Crippen molar-refractivity contribution < 1.29 is 28.9 Å². The summed E-state index contributed by atoms with van der Waals surface area (Å²) >= 11 is 0. The molecule has 5 rings (SSSR count). The molecule has 0 radical (unpaired) electrons. The molecule has 2 aromatic carbocycles. The maximum atomic E-state index is 13.5.